The van der Waals surface area contributed by atoms with Crippen LogP contribution in [-0.2, 0) is 4.74 Å². The molecule has 0 saturated carbocycles. The number of ether oxygens (including phenoxy) is 2. The molecule has 2 heterocycles. The molecule has 1 aromatic carbocycles. The number of benzene rings is 1. The number of rotatable bonds is 7. The minimum absolute atomic E-state index is 0.623. The monoisotopic (exact) mass is 339 g/mol. The van der Waals surface area contributed by atoms with Crippen LogP contribution in [0.5, 0.6) is 5.75 Å². The zero-order valence-electron chi connectivity index (χ0n) is 14.6. The normalized spacial score (nSPS) is 10.7. The van der Waals surface area contributed by atoms with E-state index in [9.17, 15) is 0 Å². The molecule has 7 nitrogen and oxygen atoms in total. The number of hydrogen-bond acceptors (Lipinski definition) is 6. The molecule has 0 fully saturated rings. The van der Waals surface area contributed by atoms with Crippen molar-refractivity contribution in [3.63, 3.8) is 0 Å². The molecule has 0 aliphatic heterocycles. The molecule has 0 amide bonds. The van der Waals surface area contributed by atoms with Gasteiger partial charge in [-0.1, -0.05) is 6.07 Å². The van der Waals surface area contributed by atoms with Gasteiger partial charge in [-0.15, -0.1) is 0 Å². The molecule has 130 valence electrons. The fourth-order valence-corrected chi connectivity index (χ4v) is 2.37. The summed E-state index contributed by atoms with van der Waals surface area (Å²) in [5, 5.41) is 4.43. The fourth-order valence-electron chi connectivity index (χ4n) is 2.37. The first-order valence-electron chi connectivity index (χ1n) is 7.94. The van der Waals surface area contributed by atoms with Crippen LogP contribution in [0.1, 0.15) is 0 Å². The van der Waals surface area contributed by atoms with Crippen LogP contribution in [0.15, 0.2) is 48.9 Å². The second-order valence-electron chi connectivity index (χ2n) is 5.53. The van der Waals surface area contributed by atoms with Gasteiger partial charge in [0.15, 0.2) is 0 Å². The molecule has 0 unspecified atom stereocenters. The molecule has 0 bridgehead atoms. The third-order valence-electron chi connectivity index (χ3n) is 3.81. The summed E-state index contributed by atoms with van der Waals surface area (Å²) in [7, 11) is 5.27. The maximum absolute atomic E-state index is 5.26. The highest BCUT2D eigenvalue weighted by molar-refractivity contribution is 5.59. The molecule has 3 rings (SSSR count). The Labute approximate surface area is 146 Å². The number of methoxy groups -OCH3 is 2. The van der Waals surface area contributed by atoms with Crippen molar-refractivity contribution in [2.75, 3.05) is 39.3 Å². The van der Waals surface area contributed by atoms with Crippen molar-refractivity contribution in [2.45, 2.75) is 0 Å². The lowest BCUT2D eigenvalue weighted by atomic mass is 10.2. The minimum atomic E-state index is 0.623. The van der Waals surface area contributed by atoms with Crippen molar-refractivity contribution in [1.82, 2.24) is 19.7 Å². The van der Waals surface area contributed by atoms with E-state index in [1.807, 2.05) is 48.5 Å². The summed E-state index contributed by atoms with van der Waals surface area (Å²) in [6.07, 6.45) is 5.49. The molecule has 7 heteroatoms. The summed E-state index contributed by atoms with van der Waals surface area (Å²) in [5.41, 5.74) is 2.67. The number of nitrogens with zero attached hydrogens (tertiary/aromatic N) is 5. The van der Waals surface area contributed by atoms with Crippen molar-refractivity contribution >= 4 is 5.95 Å². The van der Waals surface area contributed by atoms with E-state index in [4.69, 9.17) is 9.47 Å². The lowest BCUT2D eigenvalue weighted by molar-refractivity contribution is 0.206. The third kappa shape index (κ3) is 3.95. The maximum Gasteiger partial charge on any atom is 0.225 e. The molecule has 2 aromatic heterocycles. The number of hydrogen-bond donors (Lipinski definition) is 0. The van der Waals surface area contributed by atoms with Crippen molar-refractivity contribution in [2.24, 2.45) is 0 Å². The van der Waals surface area contributed by atoms with Gasteiger partial charge in [-0.3, -0.25) is 0 Å². The lowest BCUT2D eigenvalue weighted by Crippen LogP contribution is -2.24. The highest BCUT2D eigenvalue weighted by Crippen LogP contribution is 2.21. The van der Waals surface area contributed by atoms with Gasteiger partial charge in [0.05, 0.1) is 31.3 Å². The zero-order chi connectivity index (χ0) is 17.6. The smallest absolute Gasteiger partial charge is 0.225 e. The van der Waals surface area contributed by atoms with Gasteiger partial charge >= 0.3 is 0 Å². The average Bonchev–Trinajstić information content (AvgIpc) is 3.16. The first-order chi connectivity index (χ1) is 12.2. The first kappa shape index (κ1) is 16.9. The summed E-state index contributed by atoms with van der Waals surface area (Å²) < 4.78 is 12.2. The van der Waals surface area contributed by atoms with E-state index in [0.29, 0.717) is 12.6 Å². The van der Waals surface area contributed by atoms with Crippen molar-refractivity contribution in [3.8, 4) is 22.7 Å². The summed E-state index contributed by atoms with van der Waals surface area (Å²) in [4.78, 5) is 10.9. The van der Waals surface area contributed by atoms with Crippen LogP contribution in [0.4, 0.5) is 5.95 Å². The van der Waals surface area contributed by atoms with Crippen LogP contribution in [0.25, 0.3) is 16.9 Å². The molecular weight excluding hydrogens is 318 g/mol. The van der Waals surface area contributed by atoms with E-state index in [2.05, 4.69) is 15.1 Å². The van der Waals surface area contributed by atoms with Crippen LogP contribution in [0.2, 0.25) is 0 Å². The molecule has 0 saturated heterocycles. The van der Waals surface area contributed by atoms with E-state index in [1.165, 1.54) is 0 Å². The molecule has 0 aliphatic carbocycles. The van der Waals surface area contributed by atoms with Gasteiger partial charge in [-0.2, -0.15) is 5.10 Å². The predicted octanol–water partition coefficient (Wildman–Crippen LogP) is 2.42. The Morgan fingerprint density at radius 3 is 2.88 bits per heavy atom. The van der Waals surface area contributed by atoms with E-state index < -0.39 is 0 Å². The van der Waals surface area contributed by atoms with Crippen LogP contribution >= 0.6 is 0 Å². The molecule has 0 N–H and O–H groups in total. The largest absolute Gasteiger partial charge is 0.497 e. The molecule has 0 atom stereocenters. The second-order valence-corrected chi connectivity index (χ2v) is 5.53. The Morgan fingerprint density at radius 2 is 2.08 bits per heavy atom. The maximum atomic E-state index is 5.26. The Balaban J connectivity index is 1.84. The summed E-state index contributed by atoms with van der Waals surface area (Å²) in [6, 6.07) is 9.62. The molecule has 3 aromatic rings. The average molecular weight is 339 g/mol. The van der Waals surface area contributed by atoms with Crippen molar-refractivity contribution in [3.05, 3.63) is 48.9 Å². The Morgan fingerprint density at radius 1 is 1.20 bits per heavy atom. The SMILES string of the molecule is COCCN(C)c1nccc(-c2cnn(-c3cccc(OC)c3)c2)n1. The second kappa shape index (κ2) is 7.76. The Kier molecular flexibility index (Phi) is 5.25. The first-order valence-corrected chi connectivity index (χ1v) is 7.94. The van der Waals surface area contributed by atoms with E-state index in [0.717, 1.165) is 29.2 Å². The highest BCUT2D eigenvalue weighted by atomic mass is 16.5. The third-order valence-corrected chi connectivity index (χ3v) is 3.81. The molecule has 0 spiro atoms. The highest BCUT2D eigenvalue weighted by Gasteiger charge is 2.09. The summed E-state index contributed by atoms with van der Waals surface area (Å²) >= 11 is 0. The summed E-state index contributed by atoms with van der Waals surface area (Å²) in [5.74, 6) is 1.45. The Bertz CT molecular complexity index is 834. The van der Waals surface area contributed by atoms with E-state index in [-0.39, 0.29) is 0 Å². The van der Waals surface area contributed by atoms with Crippen molar-refractivity contribution in [1.29, 1.82) is 0 Å². The molecule has 25 heavy (non-hydrogen) atoms. The van der Waals surface area contributed by atoms with Crippen LogP contribution in [0.3, 0.4) is 0 Å². The number of anilines is 1. The molecule has 0 aliphatic rings. The standard InChI is InChI=1S/C18H21N5O2/c1-22(9-10-24-2)18-19-8-7-17(21-18)14-12-20-23(13-14)15-5-4-6-16(11-15)25-3/h4-8,11-13H,9-10H2,1-3H3. The van der Waals surface area contributed by atoms with E-state index >= 15 is 0 Å². The van der Waals surface area contributed by atoms with E-state index in [1.54, 1.807) is 31.3 Å². The number of likely N-dealkylation sites (N-methyl/N-ethyl adjacent to an activating group) is 1. The fraction of sp³-hybridized carbons (Fsp3) is 0.278. The van der Waals surface area contributed by atoms with Crippen LogP contribution < -0.4 is 9.64 Å². The van der Waals surface area contributed by atoms with Gasteiger partial charge in [0.1, 0.15) is 5.75 Å². The van der Waals surface area contributed by atoms with Crippen LogP contribution in [-0.4, -0.2) is 54.2 Å². The lowest BCUT2D eigenvalue weighted by Gasteiger charge is -2.16. The van der Waals surface area contributed by atoms with Gasteiger partial charge in [-0.25, -0.2) is 14.6 Å². The van der Waals surface area contributed by atoms with Crippen LogP contribution in [0, 0.1) is 0 Å². The predicted molar refractivity (Wildman–Crippen MR) is 96.3 cm³/mol. The molecular formula is C18H21N5O2. The van der Waals surface area contributed by atoms with Gasteiger partial charge in [0.25, 0.3) is 0 Å². The zero-order valence-corrected chi connectivity index (χ0v) is 14.6. The number of aromatic nitrogens is 4. The van der Waals surface area contributed by atoms with Gasteiger partial charge in [0, 0.05) is 44.7 Å². The summed E-state index contributed by atoms with van der Waals surface area (Å²) in [6.45, 7) is 1.35. The van der Waals surface area contributed by atoms with Crippen molar-refractivity contribution < 1.29 is 9.47 Å². The minimum Gasteiger partial charge on any atom is -0.497 e. The topological polar surface area (TPSA) is 65.3 Å². The Hall–Kier alpha value is -2.93. The quantitative estimate of drug-likeness (QED) is 0.659. The van der Waals surface area contributed by atoms with Gasteiger partial charge < -0.3 is 14.4 Å². The van der Waals surface area contributed by atoms with Gasteiger partial charge in [0.2, 0.25) is 5.95 Å². The van der Waals surface area contributed by atoms with Gasteiger partial charge in [-0.05, 0) is 18.2 Å². The molecule has 0 radical (unpaired) electrons.